The molecule has 0 unspecified atom stereocenters. The second-order valence-electron chi connectivity index (χ2n) is 7.12. The average molecular weight is 300 g/mol. The quantitative estimate of drug-likeness (QED) is 0.591. The van der Waals surface area contributed by atoms with E-state index >= 15 is 0 Å². The van der Waals surface area contributed by atoms with Crippen LogP contribution in [-0.4, -0.2) is 12.6 Å². The molecule has 4 heteroatoms. The molecule has 0 saturated heterocycles. The van der Waals surface area contributed by atoms with Gasteiger partial charge < -0.3 is 9.84 Å². The maximum Gasteiger partial charge on any atom is 1.00 e. The third-order valence-electron chi connectivity index (χ3n) is 3.22. The molecule has 0 bridgehead atoms. The van der Waals surface area contributed by atoms with Gasteiger partial charge in [0.05, 0.1) is 12.2 Å². The summed E-state index contributed by atoms with van der Waals surface area (Å²) >= 11 is 0. The smallest absolute Gasteiger partial charge is 0.872 e. The van der Waals surface area contributed by atoms with Gasteiger partial charge in [0.25, 0.3) is 0 Å². The van der Waals surface area contributed by atoms with Crippen molar-refractivity contribution in [3.63, 3.8) is 0 Å². The summed E-state index contributed by atoms with van der Waals surface area (Å²) in [5, 5.41) is 12.6. The summed E-state index contributed by atoms with van der Waals surface area (Å²) in [7, 11) is 0. The van der Waals surface area contributed by atoms with Crippen LogP contribution in [0, 0.1) is 0 Å². The molecule has 0 N–H and O–H groups in total. The Morgan fingerprint density at radius 3 is 1.71 bits per heavy atom. The van der Waals surface area contributed by atoms with Crippen molar-refractivity contribution in [2.24, 2.45) is 0 Å². The first-order valence-corrected chi connectivity index (χ1v) is 7.01. The summed E-state index contributed by atoms with van der Waals surface area (Å²) < 4.78 is 5.06. The molecule has 0 atom stereocenters. The second-order valence-corrected chi connectivity index (χ2v) is 7.12. The molecule has 0 aromatic heterocycles. The van der Waals surface area contributed by atoms with Crippen LogP contribution in [0.4, 0.5) is 0 Å². The van der Waals surface area contributed by atoms with Crippen LogP contribution >= 0.6 is 0 Å². The number of esters is 1. The van der Waals surface area contributed by atoms with Gasteiger partial charge >= 0.3 is 35.5 Å². The maximum absolute atomic E-state index is 12.6. The van der Waals surface area contributed by atoms with E-state index in [0.29, 0.717) is 23.3 Å². The predicted octanol–water partition coefficient (Wildman–Crippen LogP) is 0.536. The third-order valence-corrected chi connectivity index (χ3v) is 3.22. The molecule has 3 nitrogen and oxygen atoms in total. The molecule has 0 fully saturated rings. The molecule has 112 valence electrons. The van der Waals surface area contributed by atoms with Gasteiger partial charge in [0.2, 0.25) is 0 Å². The molecule has 0 aliphatic heterocycles. The molecule has 0 spiro atoms. The summed E-state index contributed by atoms with van der Waals surface area (Å²) in [5.74, 6) is -0.346. The van der Waals surface area contributed by atoms with Crippen molar-refractivity contribution in [2.45, 2.75) is 59.3 Å². The van der Waals surface area contributed by atoms with E-state index in [1.807, 2.05) is 41.5 Å². The van der Waals surface area contributed by atoms with E-state index in [-0.39, 0.29) is 52.1 Å². The van der Waals surface area contributed by atoms with Crippen LogP contribution in [0.2, 0.25) is 0 Å². The number of rotatable bonds is 2. The average Bonchev–Trinajstić information content (AvgIpc) is 2.26. The van der Waals surface area contributed by atoms with Crippen LogP contribution in [0.5, 0.6) is 5.75 Å². The fraction of sp³-hybridized carbons (Fsp3) is 0.588. The summed E-state index contributed by atoms with van der Waals surface area (Å²) in [6.45, 7) is 14.0. The van der Waals surface area contributed by atoms with E-state index in [2.05, 4.69) is 0 Å². The van der Waals surface area contributed by atoms with Crippen LogP contribution in [0.25, 0.3) is 0 Å². The molecular weight excluding hydrogens is 275 g/mol. The van der Waals surface area contributed by atoms with E-state index in [9.17, 15) is 9.90 Å². The van der Waals surface area contributed by atoms with Crippen LogP contribution in [0.15, 0.2) is 12.1 Å². The largest absolute Gasteiger partial charge is 1.00 e. The normalized spacial score (nSPS) is 11.8. The Morgan fingerprint density at radius 1 is 1.05 bits per heavy atom. The fourth-order valence-corrected chi connectivity index (χ4v) is 2.08. The third kappa shape index (κ3) is 5.01. The Morgan fingerprint density at radius 2 is 1.43 bits per heavy atom. The molecule has 0 radical (unpaired) electrons. The van der Waals surface area contributed by atoms with Gasteiger partial charge in [0.1, 0.15) is 0 Å². The van der Waals surface area contributed by atoms with Crippen LogP contribution in [0.1, 0.15) is 70.0 Å². The first-order valence-electron chi connectivity index (χ1n) is 7.01. The molecule has 21 heavy (non-hydrogen) atoms. The van der Waals surface area contributed by atoms with E-state index in [1.165, 1.54) is 0 Å². The van der Waals surface area contributed by atoms with Crippen molar-refractivity contribution >= 4 is 5.97 Å². The second kappa shape index (κ2) is 7.17. The van der Waals surface area contributed by atoms with Crippen molar-refractivity contribution in [3.8, 4) is 5.75 Å². The van der Waals surface area contributed by atoms with Crippen molar-refractivity contribution in [1.82, 2.24) is 0 Å². The van der Waals surface area contributed by atoms with Gasteiger partial charge in [0, 0.05) is 0 Å². The van der Waals surface area contributed by atoms with Gasteiger partial charge in [-0.3, -0.25) is 0 Å². The Hall–Kier alpha value is -0.510. The monoisotopic (exact) mass is 300 g/mol. The molecule has 0 aliphatic carbocycles. The summed E-state index contributed by atoms with van der Waals surface area (Å²) in [4.78, 5) is 12.0. The standard InChI is InChI=1S/C17H26O3.Na/c1-8-20-15(19)11-9-12(16(2,3)4)14(18)13(10-11)17(5,6)7;/h9-10,18H,8H2,1-7H3;/q;+1/p-1. The number of benzene rings is 1. The zero-order chi connectivity index (χ0) is 15.7. The molecule has 0 amide bonds. The van der Waals surface area contributed by atoms with Crippen LogP contribution in [-0.2, 0) is 15.6 Å². The molecule has 0 saturated carbocycles. The number of carbonyl (C=O) groups excluding carboxylic acids is 1. The van der Waals surface area contributed by atoms with Crippen LogP contribution in [0.3, 0.4) is 0 Å². The van der Waals surface area contributed by atoms with E-state index in [4.69, 9.17) is 4.74 Å². The van der Waals surface area contributed by atoms with Crippen molar-refractivity contribution < 1.29 is 44.2 Å². The minimum absolute atomic E-state index is 0. The molecule has 1 aromatic carbocycles. The van der Waals surface area contributed by atoms with E-state index in [1.54, 1.807) is 19.1 Å². The Kier molecular flexibility index (Phi) is 6.99. The van der Waals surface area contributed by atoms with Gasteiger partial charge in [0.15, 0.2) is 0 Å². The SMILES string of the molecule is CCOC(=O)c1cc(C(C)(C)C)c([O-])c(C(C)(C)C)c1.[Na+]. The zero-order valence-corrected chi connectivity index (χ0v) is 16.6. The summed E-state index contributed by atoms with van der Waals surface area (Å²) in [5.41, 5.74) is 1.17. The molecule has 0 heterocycles. The minimum atomic E-state index is -0.372. The Labute approximate surface area is 150 Å². The molecule has 0 aliphatic rings. The van der Waals surface area contributed by atoms with Gasteiger partial charge in [-0.25, -0.2) is 4.79 Å². The van der Waals surface area contributed by atoms with E-state index < -0.39 is 0 Å². The van der Waals surface area contributed by atoms with Gasteiger partial charge in [-0.1, -0.05) is 41.5 Å². The fourth-order valence-electron chi connectivity index (χ4n) is 2.08. The number of ether oxygens (including phenoxy) is 1. The van der Waals surface area contributed by atoms with Gasteiger partial charge in [-0.05, 0) is 41.0 Å². The van der Waals surface area contributed by atoms with Gasteiger partial charge in [-0.15, -0.1) is 5.75 Å². The summed E-state index contributed by atoms with van der Waals surface area (Å²) in [6, 6.07) is 3.35. The first-order chi connectivity index (χ1) is 8.98. The predicted molar refractivity (Wildman–Crippen MR) is 79.2 cm³/mol. The maximum atomic E-state index is 12.6. The molecule has 1 rings (SSSR count). The number of carbonyl (C=O) groups is 1. The molecular formula is C17H25NaO3. The van der Waals surface area contributed by atoms with Crippen LogP contribution < -0.4 is 34.7 Å². The van der Waals surface area contributed by atoms with Crippen molar-refractivity contribution in [2.75, 3.05) is 6.61 Å². The molecule has 1 aromatic rings. The van der Waals surface area contributed by atoms with Gasteiger partial charge in [-0.2, -0.15) is 0 Å². The topological polar surface area (TPSA) is 49.4 Å². The zero-order valence-electron chi connectivity index (χ0n) is 14.6. The van der Waals surface area contributed by atoms with Crippen molar-refractivity contribution in [3.05, 3.63) is 28.8 Å². The van der Waals surface area contributed by atoms with Crippen molar-refractivity contribution in [1.29, 1.82) is 0 Å². The Bertz CT molecular complexity index is 473. The van der Waals surface area contributed by atoms with E-state index in [0.717, 1.165) is 0 Å². The minimum Gasteiger partial charge on any atom is -0.872 e. The Balaban J connectivity index is 0.00000400. The first kappa shape index (κ1) is 20.5. The summed E-state index contributed by atoms with van der Waals surface area (Å²) in [6.07, 6.45) is 0. The number of hydrogen-bond acceptors (Lipinski definition) is 3. The number of hydrogen-bond donors (Lipinski definition) is 0.